The van der Waals surface area contributed by atoms with Crippen molar-refractivity contribution in [3.63, 3.8) is 0 Å². The molecule has 4 nitrogen and oxygen atoms in total. The Balaban J connectivity index is 0.00000347. The number of anilines is 12. The van der Waals surface area contributed by atoms with Crippen LogP contribution in [0.15, 0.2) is 231 Å². The van der Waals surface area contributed by atoms with E-state index in [1.807, 2.05) is 13.8 Å². The summed E-state index contributed by atoms with van der Waals surface area (Å²) in [5, 5.41) is 0. The van der Waals surface area contributed by atoms with Crippen molar-refractivity contribution in [3.8, 4) is 0 Å². The van der Waals surface area contributed by atoms with Gasteiger partial charge in [0.15, 0.2) is 0 Å². The van der Waals surface area contributed by atoms with Gasteiger partial charge in [-0.3, -0.25) is 0 Å². The second-order valence-electron chi connectivity index (χ2n) is 28.3. The molecule has 4 aliphatic rings. The summed E-state index contributed by atoms with van der Waals surface area (Å²) in [5.74, 6) is 0. The molecule has 438 valence electrons. The smallest absolute Gasteiger partial charge is 0.0507 e. The van der Waals surface area contributed by atoms with Crippen molar-refractivity contribution in [1.82, 2.24) is 0 Å². The lowest BCUT2D eigenvalue weighted by molar-refractivity contribution is 0.0917. The average molecular weight is 1140 g/mol. The van der Waals surface area contributed by atoms with Gasteiger partial charge in [-0.2, -0.15) is 0 Å². The fourth-order valence-electron chi connectivity index (χ4n) is 15.6. The summed E-state index contributed by atoms with van der Waals surface area (Å²) in [6.07, 6.45) is 0. The van der Waals surface area contributed by atoms with Crippen LogP contribution in [-0.4, -0.2) is 0 Å². The Morgan fingerprint density at radius 3 is 0.678 bits per heavy atom. The van der Waals surface area contributed by atoms with Crippen molar-refractivity contribution in [1.29, 1.82) is 0 Å². The van der Waals surface area contributed by atoms with Crippen LogP contribution in [0.3, 0.4) is 0 Å². The molecular weight excluding hydrogens is 1050 g/mol. The maximum atomic E-state index is 2.54. The third kappa shape index (κ3) is 8.36. The minimum Gasteiger partial charge on any atom is -0.310 e. The summed E-state index contributed by atoms with van der Waals surface area (Å²) in [7, 11) is 0. The summed E-state index contributed by atoms with van der Waals surface area (Å²) in [6.45, 7) is 38.0. The first-order chi connectivity index (χ1) is 41.5. The lowest BCUT2D eigenvalue weighted by atomic mass is 9.51. The highest BCUT2D eigenvalue weighted by Crippen LogP contribution is 2.62. The van der Waals surface area contributed by atoms with Crippen LogP contribution in [0.25, 0.3) is 0 Å². The van der Waals surface area contributed by atoms with Crippen LogP contribution in [0, 0.1) is 5.41 Å². The molecule has 0 N–H and O–H groups in total. The van der Waals surface area contributed by atoms with Crippen LogP contribution >= 0.6 is 0 Å². The lowest BCUT2D eigenvalue weighted by Gasteiger charge is -2.53. The molecule has 0 aromatic heterocycles. The number of hydrogen-bond acceptors (Lipinski definition) is 4. The first kappa shape index (κ1) is 57.5. The molecule has 0 aliphatic carbocycles. The standard InChI is InChI=1S/C81H80N4.C2H6/c1-75(2)59-33-21-25-37-67(59)82(55-29-17-15-18-30-55)71-49-65-73(51-63(71)75)84(69-39-27-23-35-61(69)77(65,5)6)57-45-41-53(42-46-57)79(9,10)81(13,14)80(11,12)54-43-47-58(48-44-54)85-70-40-28-24-36-62(70)78(7,8)66-50-72-64(52-74(66)85)76(3,4)60-34-22-26-38-68(60)83(72)56-31-19-16-20-32-56;1-2/h15-52H,1-14H3;1-2H3. The van der Waals surface area contributed by atoms with Crippen molar-refractivity contribution in [2.24, 2.45) is 5.41 Å². The number of hydrogen-bond donors (Lipinski definition) is 0. The van der Waals surface area contributed by atoms with Gasteiger partial charge in [-0.1, -0.05) is 244 Å². The number of rotatable bonds is 8. The van der Waals surface area contributed by atoms with Crippen LogP contribution in [0.4, 0.5) is 68.2 Å². The maximum absolute atomic E-state index is 2.54. The molecule has 4 heterocycles. The van der Waals surface area contributed by atoms with Gasteiger partial charge >= 0.3 is 0 Å². The molecule has 0 saturated heterocycles. The summed E-state index contributed by atoms with van der Waals surface area (Å²) >= 11 is 0. The van der Waals surface area contributed by atoms with Crippen molar-refractivity contribution in [2.75, 3.05) is 19.6 Å². The van der Waals surface area contributed by atoms with Crippen molar-refractivity contribution in [3.05, 3.63) is 286 Å². The highest BCUT2D eigenvalue weighted by molar-refractivity contribution is 5.95. The van der Waals surface area contributed by atoms with E-state index in [9.17, 15) is 0 Å². The maximum Gasteiger partial charge on any atom is 0.0507 e. The predicted molar refractivity (Wildman–Crippen MR) is 371 cm³/mol. The molecular formula is C83H86N4. The molecule has 10 aromatic carbocycles. The van der Waals surface area contributed by atoms with Gasteiger partial charge < -0.3 is 19.6 Å². The molecule has 0 atom stereocenters. The topological polar surface area (TPSA) is 13.0 Å². The number of nitrogens with zero attached hydrogens (tertiary/aromatic N) is 4. The van der Waals surface area contributed by atoms with Gasteiger partial charge in [0, 0.05) is 44.4 Å². The Hall–Kier alpha value is -8.60. The zero-order valence-electron chi connectivity index (χ0n) is 54.2. The quantitative estimate of drug-likeness (QED) is 0.150. The van der Waals surface area contributed by atoms with Crippen molar-refractivity contribution < 1.29 is 0 Å². The summed E-state index contributed by atoms with van der Waals surface area (Å²) in [6, 6.07) is 87.2. The van der Waals surface area contributed by atoms with Crippen LogP contribution in [-0.2, 0) is 32.5 Å². The Morgan fingerprint density at radius 1 is 0.230 bits per heavy atom. The number of para-hydroxylation sites is 6. The first-order valence-electron chi connectivity index (χ1n) is 31.8. The van der Waals surface area contributed by atoms with E-state index in [0.29, 0.717) is 0 Å². The summed E-state index contributed by atoms with van der Waals surface area (Å²) in [4.78, 5) is 10.1. The van der Waals surface area contributed by atoms with Gasteiger partial charge in [0.2, 0.25) is 0 Å². The molecule has 14 rings (SSSR count). The van der Waals surface area contributed by atoms with Crippen molar-refractivity contribution in [2.45, 2.75) is 143 Å². The van der Waals surface area contributed by atoms with Crippen LogP contribution < -0.4 is 19.6 Å². The Morgan fingerprint density at radius 2 is 0.437 bits per heavy atom. The molecule has 0 amide bonds. The second-order valence-corrected chi connectivity index (χ2v) is 28.3. The molecule has 0 spiro atoms. The van der Waals surface area contributed by atoms with E-state index in [1.54, 1.807) is 0 Å². The van der Waals surface area contributed by atoms with E-state index in [4.69, 9.17) is 0 Å². The highest BCUT2D eigenvalue weighted by atomic mass is 15.2. The van der Waals surface area contributed by atoms with Crippen LogP contribution in [0.1, 0.15) is 166 Å². The molecule has 0 fully saturated rings. The minimum atomic E-state index is -0.258. The molecule has 0 bridgehead atoms. The molecule has 4 heteroatoms. The molecule has 0 unspecified atom stereocenters. The van der Waals surface area contributed by atoms with Gasteiger partial charge in [0.25, 0.3) is 0 Å². The first-order valence-corrected chi connectivity index (χ1v) is 31.8. The fourth-order valence-corrected chi connectivity index (χ4v) is 15.6. The Bertz CT molecular complexity index is 4000. The van der Waals surface area contributed by atoms with E-state index in [2.05, 4.69) is 347 Å². The number of fused-ring (bicyclic) bond motifs is 8. The van der Waals surface area contributed by atoms with Crippen LogP contribution in [0.2, 0.25) is 0 Å². The largest absolute Gasteiger partial charge is 0.310 e. The third-order valence-corrected chi connectivity index (χ3v) is 22.0. The molecule has 0 radical (unpaired) electrons. The summed E-state index contributed by atoms with van der Waals surface area (Å²) in [5.41, 5.74) is 26.1. The van der Waals surface area contributed by atoms with Gasteiger partial charge in [0.1, 0.15) is 0 Å². The average Bonchev–Trinajstić information content (AvgIpc) is 0.720. The van der Waals surface area contributed by atoms with E-state index >= 15 is 0 Å². The van der Waals surface area contributed by atoms with Crippen LogP contribution in [0.5, 0.6) is 0 Å². The van der Waals surface area contributed by atoms with E-state index in [0.717, 1.165) is 11.4 Å². The van der Waals surface area contributed by atoms with E-state index in [1.165, 1.54) is 113 Å². The Kier molecular flexibility index (Phi) is 13.4. The lowest BCUT2D eigenvalue weighted by Crippen LogP contribution is -2.49. The van der Waals surface area contributed by atoms with E-state index < -0.39 is 0 Å². The van der Waals surface area contributed by atoms with Gasteiger partial charge in [-0.25, -0.2) is 0 Å². The molecule has 10 aromatic rings. The zero-order chi connectivity index (χ0) is 61.4. The van der Waals surface area contributed by atoms with Gasteiger partial charge in [-0.15, -0.1) is 0 Å². The number of benzene rings is 10. The monoisotopic (exact) mass is 1140 g/mol. The molecule has 87 heavy (non-hydrogen) atoms. The fraction of sp³-hybridized carbons (Fsp3) is 0.277. The Labute approximate surface area is 519 Å². The predicted octanol–water partition coefficient (Wildman–Crippen LogP) is 23.4. The SMILES string of the molecule is CC.CC1(C)c2ccccc2N(c2ccccc2)c2cc3c(cc21)N(c1ccc(C(C)(C)C(C)(C)C(C)(C)c2ccc(N4c5ccccc5C(C)(C)c5cc6c(cc54)C(C)(C)c4ccccc4N6c4ccccc4)cc2)cc1)c1ccccc1C3(C)C. The normalized spacial score (nSPS) is 16.3. The summed E-state index contributed by atoms with van der Waals surface area (Å²) < 4.78 is 0. The van der Waals surface area contributed by atoms with E-state index in [-0.39, 0.29) is 37.9 Å². The second kappa shape index (κ2) is 20.2. The molecule has 4 aliphatic heterocycles. The van der Waals surface area contributed by atoms with Gasteiger partial charge in [-0.05, 0) is 169 Å². The molecule has 0 saturated carbocycles. The third-order valence-electron chi connectivity index (χ3n) is 22.0. The van der Waals surface area contributed by atoms with Crippen molar-refractivity contribution >= 4 is 68.2 Å². The zero-order valence-corrected chi connectivity index (χ0v) is 54.2. The highest BCUT2D eigenvalue weighted by Gasteiger charge is 2.51. The van der Waals surface area contributed by atoms with Gasteiger partial charge in [0.05, 0.1) is 45.5 Å². The minimum absolute atomic E-state index is 0.205.